The molecule has 1 aromatic rings. The number of hydrogen-bond donors (Lipinski definition) is 2. The predicted octanol–water partition coefficient (Wildman–Crippen LogP) is 3.76. The van der Waals surface area contributed by atoms with Crippen LogP contribution in [-0.4, -0.2) is 25.1 Å². The lowest BCUT2D eigenvalue weighted by Crippen LogP contribution is -2.42. The van der Waals surface area contributed by atoms with E-state index in [4.69, 9.17) is 16.3 Å². The number of halogens is 1. The van der Waals surface area contributed by atoms with Crippen LogP contribution in [0.15, 0.2) is 12.1 Å². The Morgan fingerprint density at radius 2 is 1.95 bits per heavy atom. The van der Waals surface area contributed by atoms with E-state index in [0.717, 1.165) is 24.1 Å². The molecule has 0 aliphatic carbocycles. The average molecular weight is 313 g/mol. The van der Waals surface area contributed by atoms with Gasteiger partial charge in [0, 0.05) is 17.1 Å². The topological polar surface area (TPSA) is 50.4 Å². The number of benzene rings is 1. The molecule has 0 aliphatic rings. The number of methoxy groups -OCH3 is 1. The maximum atomic E-state index is 12.2. The predicted molar refractivity (Wildman–Crippen MR) is 88.3 cm³/mol. The second-order valence-corrected chi connectivity index (χ2v) is 5.60. The number of ether oxygens (including phenoxy) is 1. The summed E-state index contributed by atoms with van der Waals surface area (Å²) in [6.07, 6.45) is 1.86. The zero-order chi connectivity index (χ0) is 16.0. The molecule has 0 bridgehead atoms. The lowest BCUT2D eigenvalue weighted by atomic mass is 10.1. The molecule has 0 saturated heterocycles. The number of nitrogens with one attached hydrogen (secondary N) is 2. The quantitative estimate of drug-likeness (QED) is 0.806. The van der Waals surface area contributed by atoms with Crippen LogP contribution < -0.4 is 15.4 Å². The second kappa shape index (κ2) is 8.13. The van der Waals surface area contributed by atoms with E-state index >= 15 is 0 Å². The van der Waals surface area contributed by atoms with Gasteiger partial charge in [-0.15, -0.1) is 0 Å². The minimum Gasteiger partial charge on any atom is -0.495 e. The third kappa shape index (κ3) is 4.81. The summed E-state index contributed by atoms with van der Waals surface area (Å²) in [6.45, 7) is 7.89. The molecule has 0 aliphatic heterocycles. The van der Waals surface area contributed by atoms with Gasteiger partial charge in [-0.2, -0.15) is 0 Å². The molecular weight excluding hydrogens is 288 g/mol. The van der Waals surface area contributed by atoms with Crippen LogP contribution in [0.4, 0.5) is 5.69 Å². The van der Waals surface area contributed by atoms with E-state index in [1.807, 2.05) is 19.9 Å². The normalized spacial score (nSPS) is 12.1. The fraction of sp³-hybridized carbons (Fsp3) is 0.562. The van der Waals surface area contributed by atoms with E-state index in [1.54, 1.807) is 13.2 Å². The van der Waals surface area contributed by atoms with Crippen molar-refractivity contribution in [1.82, 2.24) is 5.32 Å². The smallest absolute Gasteiger partial charge is 0.242 e. The zero-order valence-electron chi connectivity index (χ0n) is 13.4. The van der Waals surface area contributed by atoms with Crippen molar-refractivity contribution in [3.63, 3.8) is 0 Å². The molecule has 4 nitrogen and oxygen atoms in total. The summed E-state index contributed by atoms with van der Waals surface area (Å²) in [5.74, 6) is 0.617. The number of aryl methyl sites for hydroxylation is 1. The first-order chi connectivity index (χ1) is 9.92. The first-order valence-electron chi connectivity index (χ1n) is 7.33. The highest BCUT2D eigenvalue weighted by Gasteiger charge is 2.17. The van der Waals surface area contributed by atoms with E-state index in [1.165, 1.54) is 0 Å². The summed E-state index contributed by atoms with van der Waals surface area (Å²) < 4.78 is 5.31. The lowest BCUT2D eigenvalue weighted by Gasteiger charge is -2.21. The molecule has 0 heterocycles. The fourth-order valence-electron chi connectivity index (χ4n) is 2.06. The van der Waals surface area contributed by atoms with E-state index in [9.17, 15) is 4.79 Å². The summed E-state index contributed by atoms with van der Waals surface area (Å²) in [4.78, 5) is 12.2. The highest BCUT2D eigenvalue weighted by Crippen LogP contribution is 2.31. The number of carbonyl (C=O) groups excluding carboxylic acids is 1. The molecule has 1 aromatic carbocycles. The van der Waals surface area contributed by atoms with Crippen LogP contribution in [0.25, 0.3) is 0 Å². The molecule has 1 rings (SSSR count). The number of amides is 1. The summed E-state index contributed by atoms with van der Waals surface area (Å²) in [6, 6.07) is 3.52. The summed E-state index contributed by atoms with van der Waals surface area (Å²) in [7, 11) is 1.58. The van der Waals surface area contributed by atoms with Gasteiger partial charge in [0.25, 0.3) is 0 Å². The fourth-order valence-corrected chi connectivity index (χ4v) is 2.22. The van der Waals surface area contributed by atoms with Crippen LogP contribution in [0.2, 0.25) is 5.02 Å². The van der Waals surface area contributed by atoms with Crippen LogP contribution in [0.1, 0.15) is 39.2 Å². The molecule has 0 radical (unpaired) electrons. The number of hydrogen-bond acceptors (Lipinski definition) is 3. The summed E-state index contributed by atoms with van der Waals surface area (Å²) in [5.41, 5.74) is 1.71. The van der Waals surface area contributed by atoms with Crippen molar-refractivity contribution < 1.29 is 9.53 Å². The average Bonchev–Trinajstić information content (AvgIpc) is 2.47. The van der Waals surface area contributed by atoms with Gasteiger partial charge in [-0.3, -0.25) is 4.79 Å². The van der Waals surface area contributed by atoms with Gasteiger partial charge in [-0.25, -0.2) is 0 Å². The van der Waals surface area contributed by atoms with E-state index < -0.39 is 0 Å². The van der Waals surface area contributed by atoms with Gasteiger partial charge in [0.1, 0.15) is 11.8 Å². The van der Waals surface area contributed by atoms with Crippen molar-refractivity contribution in [2.24, 2.45) is 0 Å². The van der Waals surface area contributed by atoms with Crippen molar-refractivity contribution in [2.45, 2.75) is 52.6 Å². The minimum absolute atomic E-state index is 0.0154. The van der Waals surface area contributed by atoms with E-state index in [-0.39, 0.29) is 18.0 Å². The Kier molecular flexibility index (Phi) is 6.82. The number of anilines is 1. The van der Waals surface area contributed by atoms with Gasteiger partial charge in [0.2, 0.25) is 5.91 Å². The lowest BCUT2D eigenvalue weighted by molar-refractivity contribution is -0.122. The number of rotatable bonds is 7. The molecule has 0 spiro atoms. The Labute approximate surface area is 132 Å². The van der Waals surface area contributed by atoms with Gasteiger partial charge in [0.15, 0.2) is 0 Å². The standard InChI is InChI=1S/C16H25ClN2O2/c1-6-12(7-2)19-16(20)11(4)18-14-8-10(3)13(17)9-15(14)21-5/h8-9,11-12,18H,6-7H2,1-5H3,(H,19,20). The minimum atomic E-state index is -0.347. The van der Waals surface area contributed by atoms with Gasteiger partial charge in [-0.1, -0.05) is 25.4 Å². The Bertz CT molecular complexity index is 487. The van der Waals surface area contributed by atoms with Crippen LogP contribution in [0.3, 0.4) is 0 Å². The Morgan fingerprint density at radius 1 is 1.33 bits per heavy atom. The third-order valence-corrected chi connectivity index (χ3v) is 3.99. The highest BCUT2D eigenvalue weighted by molar-refractivity contribution is 6.31. The molecule has 5 heteroatoms. The third-order valence-electron chi connectivity index (χ3n) is 3.58. The van der Waals surface area contributed by atoms with Crippen molar-refractivity contribution >= 4 is 23.2 Å². The Morgan fingerprint density at radius 3 is 2.48 bits per heavy atom. The maximum Gasteiger partial charge on any atom is 0.242 e. The molecule has 1 unspecified atom stereocenters. The molecule has 0 saturated carbocycles. The van der Waals surface area contributed by atoms with Gasteiger partial charge in [-0.05, 0) is 38.3 Å². The molecule has 0 fully saturated rings. The molecule has 1 amide bonds. The molecular formula is C16H25ClN2O2. The van der Waals surface area contributed by atoms with Crippen molar-refractivity contribution in [2.75, 3.05) is 12.4 Å². The zero-order valence-corrected chi connectivity index (χ0v) is 14.2. The molecule has 21 heavy (non-hydrogen) atoms. The summed E-state index contributed by atoms with van der Waals surface area (Å²) in [5, 5.41) is 6.86. The van der Waals surface area contributed by atoms with Crippen LogP contribution in [-0.2, 0) is 4.79 Å². The van der Waals surface area contributed by atoms with E-state index in [0.29, 0.717) is 10.8 Å². The molecule has 0 aromatic heterocycles. The SMILES string of the molecule is CCC(CC)NC(=O)C(C)Nc1cc(C)c(Cl)cc1OC. The van der Waals surface area contributed by atoms with Crippen molar-refractivity contribution in [1.29, 1.82) is 0 Å². The molecule has 1 atom stereocenters. The second-order valence-electron chi connectivity index (χ2n) is 5.19. The van der Waals surface area contributed by atoms with E-state index in [2.05, 4.69) is 24.5 Å². The van der Waals surface area contributed by atoms with Gasteiger partial charge in [0.05, 0.1) is 12.8 Å². The Balaban J connectivity index is 2.80. The van der Waals surface area contributed by atoms with Gasteiger partial charge < -0.3 is 15.4 Å². The maximum absolute atomic E-state index is 12.2. The van der Waals surface area contributed by atoms with Crippen LogP contribution >= 0.6 is 11.6 Å². The molecule has 118 valence electrons. The first kappa shape index (κ1) is 17.6. The van der Waals surface area contributed by atoms with Gasteiger partial charge >= 0.3 is 0 Å². The Hall–Kier alpha value is -1.42. The van der Waals surface area contributed by atoms with Crippen molar-refractivity contribution in [3.8, 4) is 5.75 Å². The number of carbonyl (C=O) groups is 1. The van der Waals surface area contributed by atoms with Crippen molar-refractivity contribution in [3.05, 3.63) is 22.7 Å². The monoisotopic (exact) mass is 312 g/mol. The van der Waals surface area contributed by atoms with Crippen LogP contribution in [0.5, 0.6) is 5.75 Å². The molecule has 2 N–H and O–H groups in total. The van der Waals surface area contributed by atoms with Crippen LogP contribution in [0, 0.1) is 6.92 Å². The highest BCUT2D eigenvalue weighted by atomic mass is 35.5. The summed E-state index contributed by atoms with van der Waals surface area (Å²) >= 11 is 6.08. The largest absolute Gasteiger partial charge is 0.495 e. The first-order valence-corrected chi connectivity index (χ1v) is 7.71.